The molecular formula is C16H17NO2S. The molecule has 0 aliphatic carbocycles. The summed E-state index contributed by atoms with van der Waals surface area (Å²) in [6.07, 6.45) is 0.938. The lowest BCUT2D eigenvalue weighted by Crippen LogP contribution is -2.40. The van der Waals surface area contributed by atoms with Gasteiger partial charge in [0.05, 0.1) is 0 Å². The van der Waals surface area contributed by atoms with E-state index in [0.717, 1.165) is 18.5 Å². The summed E-state index contributed by atoms with van der Waals surface area (Å²) in [6.45, 7) is 2.89. The van der Waals surface area contributed by atoms with Crippen molar-refractivity contribution in [2.45, 2.75) is 25.4 Å². The van der Waals surface area contributed by atoms with E-state index >= 15 is 0 Å². The van der Waals surface area contributed by atoms with Crippen LogP contribution in [0.2, 0.25) is 0 Å². The molecule has 0 amide bonds. The first-order valence-electron chi connectivity index (χ1n) is 6.78. The highest BCUT2D eigenvalue weighted by Crippen LogP contribution is 2.38. The number of carbonyl (C=O) groups is 1. The Morgan fingerprint density at radius 1 is 1.35 bits per heavy atom. The fourth-order valence-electron chi connectivity index (χ4n) is 2.99. The van der Waals surface area contributed by atoms with Crippen LogP contribution >= 0.6 is 11.3 Å². The Balaban J connectivity index is 1.96. The largest absolute Gasteiger partial charge is 0.480 e. The van der Waals surface area contributed by atoms with Gasteiger partial charge in [0.2, 0.25) is 0 Å². The molecule has 2 unspecified atom stereocenters. The second-order valence-electron chi connectivity index (χ2n) is 5.11. The number of nitrogens with zero attached hydrogens (tertiary/aromatic N) is 1. The van der Waals surface area contributed by atoms with Crippen molar-refractivity contribution < 1.29 is 9.90 Å². The summed E-state index contributed by atoms with van der Waals surface area (Å²) < 4.78 is 0. The fourth-order valence-corrected chi connectivity index (χ4v) is 3.96. The van der Waals surface area contributed by atoms with Crippen molar-refractivity contribution >= 4 is 17.3 Å². The molecule has 1 aromatic heterocycles. The van der Waals surface area contributed by atoms with E-state index in [1.807, 2.05) is 30.3 Å². The van der Waals surface area contributed by atoms with E-state index in [4.69, 9.17) is 0 Å². The summed E-state index contributed by atoms with van der Waals surface area (Å²) >= 11 is 1.77. The van der Waals surface area contributed by atoms with Crippen LogP contribution in [0.15, 0.2) is 41.8 Å². The van der Waals surface area contributed by atoms with Gasteiger partial charge in [0.1, 0.15) is 6.04 Å². The zero-order valence-corrected chi connectivity index (χ0v) is 12.1. The lowest BCUT2D eigenvalue weighted by Gasteiger charge is -2.37. The van der Waals surface area contributed by atoms with E-state index in [0.29, 0.717) is 0 Å². The molecule has 1 aromatic carbocycles. The van der Waals surface area contributed by atoms with E-state index < -0.39 is 12.0 Å². The lowest BCUT2D eigenvalue weighted by atomic mass is 9.96. The third kappa shape index (κ3) is 2.25. The summed E-state index contributed by atoms with van der Waals surface area (Å²) in [7, 11) is 0. The third-order valence-corrected chi connectivity index (χ3v) is 5.00. The van der Waals surface area contributed by atoms with Crippen molar-refractivity contribution in [3.8, 4) is 0 Å². The fraction of sp³-hybridized carbons (Fsp3) is 0.312. The van der Waals surface area contributed by atoms with Gasteiger partial charge in [-0.1, -0.05) is 30.3 Å². The average Bonchev–Trinajstić information content (AvgIpc) is 2.92. The molecule has 0 saturated heterocycles. The SMILES string of the molecule is CC1c2ccsc2CCN1C(C(=O)O)c1ccccc1. The topological polar surface area (TPSA) is 40.5 Å². The smallest absolute Gasteiger partial charge is 0.325 e. The molecule has 1 aliphatic heterocycles. The highest BCUT2D eigenvalue weighted by Gasteiger charge is 2.34. The maximum absolute atomic E-state index is 11.8. The van der Waals surface area contributed by atoms with E-state index in [2.05, 4.69) is 23.3 Å². The highest BCUT2D eigenvalue weighted by molar-refractivity contribution is 7.10. The Kier molecular flexibility index (Phi) is 3.59. The maximum atomic E-state index is 11.8. The van der Waals surface area contributed by atoms with Crippen LogP contribution in [0.25, 0.3) is 0 Å². The molecule has 0 saturated carbocycles. The predicted molar refractivity (Wildman–Crippen MR) is 80.0 cm³/mol. The predicted octanol–water partition coefficient (Wildman–Crippen LogP) is 3.49. The molecule has 4 heteroatoms. The Labute approximate surface area is 122 Å². The molecule has 0 radical (unpaired) electrons. The minimum atomic E-state index is -0.776. The molecule has 1 aliphatic rings. The first kappa shape index (κ1) is 13.3. The number of carboxylic acid groups (broad SMARTS) is 1. The molecule has 104 valence electrons. The molecular weight excluding hydrogens is 270 g/mol. The van der Waals surface area contributed by atoms with Gasteiger partial charge in [-0.2, -0.15) is 0 Å². The Morgan fingerprint density at radius 3 is 2.80 bits per heavy atom. The normalized spacial score (nSPS) is 20.4. The average molecular weight is 287 g/mol. The third-order valence-electron chi connectivity index (χ3n) is 4.01. The van der Waals surface area contributed by atoms with Crippen LogP contribution in [0.4, 0.5) is 0 Å². The van der Waals surface area contributed by atoms with Crippen molar-refractivity contribution in [3.05, 3.63) is 57.8 Å². The van der Waals surface area contributed by atoms with Gasteiger partial charge >= 0.3 is 5.97 Å². The van der Waals surface area contributed by atoms with Crippen LogP contribution in [0.1, 0.15) is 35.0 Å². The summed E-state index contributed by atoms with van der Waals surface area (Å²) in [6, 6.07) is 11.2. The Hall–Kier alpha value is -1.65. The lowest BCUT2D eigenvalue weighted by molar-refractivity contribution is -0.144. The number of hydrogen-bond donors (Lipinski definition) is 1. The van der Waals surface area contributed by atoms with Crippen molar-refractivity contribution in [1.82, 2.24) is 4.90 Å². The van der Waals surface area contributed by atoms with Gasteiger partial charge in [0.15, 0.2) is 0 Å². The van der Waals surface area contributed by atoms with Crippen LogP contribution < -0.4 is 0 Å². The standard InChI is InChI=1S/C16H17NO2S/c1-11-13-8-10-20-14(13)7-9-17(11)15(16(18)19)12-5-3-2-4-6-12/h2-6,8,10-11,15H,7,9H2,1H3,(H,18,19). The molecule has 0 fully saturated rings. The number of rotatable bonds is 3. The summed E-state index contributed by atoms with van der Waals surface area (Å²) in [4.78, 5) is 15.2. The second-order valence-corrected chi connectivity index (χ2v) is 6.12. The molecule has 0 spiro atoms. The van der Waals surface area contributed by atoms with Crippen molar-refractivity contribution in [3.63, 3.8) is 0 Å². The number of carboxylic acids is 1. The van der Waals surface area contributed by atoms with Crippen molar-refractivity contribution in [2.24, 2.45) is 0 Å². The number of aliphatic carboxylic acids is 1. The monoisotopic (exact) mass is 287 g/mol. The number of hydrogen-bond acceptors (Lipinski definition) is 3. The number of benzene rings is 1. The van der Waals surface area contributed by atoms with E-state index in [-0.39, 0.29) is 6.04 Å². The zero-order chi connectivity index (χ0) is 14.1. The van der Waals surface area contributed by atoms with Gasteiger partial charge in [-0.05, 0) is 35.9 Å². The summed E-state index contributed by atoms with van der Waals surface area (Å²) in [5, 5.41) is 11.8. The Bertz CT molecular complexity index is 608. The quantitative estimate of drug-likeness (QED) is 0.939. The zero-order valence-electron chi connectivity index (χ0n) is 11.3. The number of fused-ring (bicyclic) bond motifs is 1. The van der Waals surface area contributed by atoms with E-state index in [1.165, 1.54) is 10.4 Å². The van der Waals surface area contributed by atoms with Crippen LogP contribution in [-0.2, 0) is 11.2 Å². The molecule has 2 aromatic rings. The minimum absolute atomic E-state index is 0.145. The molecule has 0 bridgehead atoms. The highest BCUT2D eigenvalue weighted by atomic mass is 32.1. The Morgan fingerprint density at radius 2 is 2.10 bits per heavy atom. The van der Waals surface area contributed by atoms with Crippen molar-refractivity contribution in [1.29, 1.82) is 0 Å². The molecule has 20 heavy (non-hydrogen) atoms. The molecule has 2 atom stereocenters. The second kappa shape index (κ2) is 5.38. The van der Waals surface area contributed by atoms with E-state index in [1.54, 1.807) is 11.3 Å². The van der Waals surface area contributed by atoms with Gasteiger partial charge in [0, 0.05) is 17.5 Å². The maximum Gasteiger partial charge on any atom is 0.325 e. The van der Waals surface area contributed by atoms with E-state index in [9.17, 15) is 9.90 Å². The van der Waals surface area contributed by atoms with Crippen molar-refractivity contribution in [2.75, 3.05) is 6.54 Å². The van der Waals surface area contributed by atoms with Gasteiger partial charge in [-0.15, -0.1) is 11.3 Å². The van der Waals surface area contributed by atoms with Crippen LogP contribution in [0, 0.1) is 0 Å². The molecule has 1 N–H and O–H groups in total. The molecule has 3 rings (SSSR count). The van der Waals surface area contributed by atoms with Crippen LogP contribution in [0.5, 0.6) is 0 Å². The van der Waals surface area contributed by atoms with Gasteiger partial charge < -0.3 is 5.11 Å². The summed E-state index contributed by atoms with van der Waals surface area (Å²) in [5.41, 5.74) is 2.13. The number of thiophene rings is 1. The first-order valence-corrected chi connectivity index (χ1v) is 7.66. The minimum Gasteiger partial charge on any atom is -0.480 e. The van der Waals surface area contributed by atoms with Gasteiger partial charge in [-0.25, -0.2) is 0 Å². The summed E-state index contributed by atoms with van der Waals surface area (Å²) in [5.74, 6) is -0.776. The van der Waals surface area contributed by atoms with Gasteiger partial charge in [0.25, 0.3) is 0 Å². The van der Waals surface area contributed by atoms with Crippen LogP contribution in [-0.4, -0.2) is 22.5 Å². The van der Waals surface area contributed by atoms with Gasteiger partial charge in [-0.3, -0.25) is 9.69 Å². The molecule has 2 heterocycles. The molecule has 3 nitrogen and oxygen atoms in total. The first-order chi connectivity index (χ1) is 9.68. The van der Waals surface area contributed by atoms with Crippen LogP contribution in [0.3, 0.4) is 0 Å².